The molecule has 27 heavy (non-hydrogen) atoms. The van der Waals surface area contributed by atoms with Crippen LogP contribution in [0.25, 0.3) is 10.2 Å². The van der Waals surface area contributed by atoms with Crippen LogP contribution in [0, 0.1) is 18.8 Å². The van der Waals surface area contributed by atoms with Crippen LogP contribution in [0.15, 0.2) is 6.07 Å². The Labute approximate surface area is 161 Å². The maximum absolute atomic E-state index is 12.7. The number of nitrogens with zero attached hydrogens (tertiary/aromatic N) is 3. The van der Waals surface area contributed by atoms with E-state index in [-0.39, 0.29) is 24.3 Å². The third kappa shape index (κ3) is 3.83. The van der Waals surface area contributed by atoms with Gasteiger partial charge in [0.15, 0.2) is 0 Å². The number of carboxylic acids is 1. The summed E-state index contributed by atoms with van der Waals surface area (Å²) in [6, 6.07) is 1.07. The molecule has 2 aromatic rings. The molecule has 3 rings (SSSR count). The molecular weight excluding hydrogens is 368 g/mol. The maximum atomic E-state index is 12.7. The molecular formula is C18H24N4O4S. The van der Waals surface area contributed by atoms with Gasteiger partial charge in [0, 0.05) is 25.5 Å². The standard InChI is InChI=1S/C18H24N4O4S/c1-9-5-12(18(25)26)8-22(7-9)16(24)11(3)19-15(23)14-6-13-10(2)20-21(4)17(13)27-14/h6,9,11-12H,5,7-8H2,1-4H3,(H,19,23)(H,25,26). The lowest BCUT2D eigenvalue weighted by Crippen LogP contribution is -2.52. The zero-order valence-corrected chi connectivity index (χ0v) is 16.7. The van der Waals surface area contributed by atoms with E-state index in [1.807, 2.05) is 20.9 Å². The summed E-state index contributed by atoms with van der Waals surface area (Å²) in [7, 11) is 1.83. The first kappa shape index (κ1) is 19.3. The van der Waals surface area contributed by atoms with Gasteiger partial charge < -0.3 is 15.3 Å². The van der Waals surface area contributed by atoms with E-state index in [0.717, 1.165) is 15.9 Å². The maximum Gasteiger partial charge on any atom is 0.308 e. The summed E-state index contributed by atoms with van der Waals surface area (Å²) < 4.78 is 1.74. The van der Waals surface area contributed by atoms with E-state index in [1.54, 1.807) is 22.6 Å². The van der Waals surface area contributed by atoms with Gasteiger partial charge in [-0.2, -0.15) is 5.10 Å². The van der Waals surface area contributed by atoms with Gasteiger partial charge in [0.05, 0.1) is 16.5 Å². The molecule has 8 nitrogen and oxygen atoms in total. The number of rotatable bonds is 4. The van der Waals surface area contributed by atoms with Crippen LogP contribution in [0.1, 0.15) is 35.6 Å². The Kier molecular flexibility index (Phi) is 5.23. The molecule has 0 spiro atoms. The highest BCUT2D eigenvalue weighted by Gasteiger charge is 2.34. The average molecular weight is 392 g/mol. The molecule has 9 heteroatoms. The van der Waals surface area contributed by atoms with Gasteiger partial charge in [-0.1, -0.05) is 6.92 Å². The van der Waals surface area contributed by atoms with E-state index in [1.165, 1.54) is 11.3 Å². The number of aryl methyl sites for hydroxylation is 2. The second-order valence-electron chi connectivity index (χ2n) is 7.35. The molecule has 0 bridgehead atoms. The van der Waals surface area contributed by atoms with Crippen molar-refractivity contribution in [2.24, 2.45) is 18.9 Å². The highest BCUT2D eigenvalue weighted by atomic mass is 32.1. The second kappa shape index (κ2) is 7.30. The molecule has 3 unspecified atom stereocenters. The lowest BCUT2D eigenvalue weighted by atomic mass is 9.90. The number of aromatic nitrogens is 2. The fourth-order valence-electron chi connectivity index (χ4n) is 3.63. The number of amides is 2. The minimum atomic E-state index is -0.884. The van der Waals surface area contributed by atoms with Crippen LogP contribution in [0.2, 0.25) is 0 Å². The first-order chi connectivity index (χ1) is 12.7. The first-order valence-electron chi connectivity index (χ1n) is 8.93. The molecule has 2 amide bonds. The molecule has 1 fully saturated rings. The van der Waals surface area contributed by atoms with Crippen LogP contribution >= 0.6 is 11.3 Å². The summed E-state index contributed by atoms with van der Waals surface area (Å²) in [5.74, 6) is -1.88. The predicted octanol–water partition coefficient (Wildman–Crippen LogP) is 1.63. The largest absolute Gasteiger partial charge is 0.481 e. The Balaban J connectivity index is 1.68. The highest BCUT2D eigenvalue weighted by Crippen LogP contribution is 2.28. The molecule has 2 aromatic heterocycles. The molecule has 0 aromatic carbocycles. The van der Waals surface area contributed by atoms with Crippen LogP contribution in [-0.4, -0.2) is 56.7 Å². The molecule has 3 atom stereocenters. The summed E-state index contributed by atoms with van der Waals surface area (Å²) >= 11 is 1.33. The minimum Gasteiger partial charge on any atom is -0.481 e. The highest BCUT2D eigenvalue weighted by molar-refractivity contribution is 7.20. The molecule has 3 heterocycles. The number of hydrogen-bond acceptors (Lipinski definition) is 5. The molecule has 0 aliphatic carbocycles. The van der Waals surface area contributed by atoms with Crippen molar-refractivity contribution in [3.8, 4) is 0 Å². The van der Waals surface area contributed by atoms with E-state index in [9.17, 15) is 19.5 Å². The molecule has 0 radical (unpaired) electrons. The van der Waals surface area contributed by atoms with Crippen molar-refractivity contribution < 1.29 is 19.5 Å². The smallest absolute Gasteiger partial charge is 0.308 e. The monoisotopic (exact) mass is 392 g/mol. The quantitative estimate of drug-likeness (QED) is 0.823. The molecule has 1 aliphatic rings. The van der Waals surface area contributed by atoms with Crippen molar-refractivity contribution in [1.29, 1.82) is 0 Å². The fourth-order valence-corrected chi connectivity index (χ4v) is 4.66. The Morgan fingerprint density at radius 3 is 2.70 bits per heavy atom. The summed E-state index contributed by atoms with van der Waals surface area (Å²) in [6.07, 6.45) is 0.565. The SMILES string of the molecule is Cc1nn(C)c2sc(C(=O)NC(C)C(=O)N3CC(C)CC(C(=O)O)C3)cc12. The lowest BCUT2D eigenvalue weighted by Gasteiger charge is -2.36. The van der Waals surface area contributed by atoms with Crippen LogP contribution < -0.4 is 5.32 Å². The van der Waals surface area contributed by atoms with Gasteiger partial charge in [-0.05, 0) is 32.3 Å². The lowest BCUT2D eigenvalue weighted by molar-refractivity contribution is -0.147. The first-order valence-corrected chi connectivity index (χ1v) is 9.74. The van der Waals surface area contributed by atoms with E-state index in [0.29, 0.717) is 17.8 Å². The number of carbonyl (C=O) groups is 3. The molecule has 146 valence electrons. The van der Waals surface area contributed by atoms with Gasteiger partial charge in [-0.15, -0.1) is 11.3 Å². The van der Waals surface area contributed by atoms with Gasteiger partial charge in [-0.25, -0.2) is 0 Å². The number of carbonyl (C=O) groups excluding carboxylic acids is 2. The number of piperidine rings is 1. The van der Waals surface area contributed by atoms with Crippen molar-refractivity contribution in [1.82, 2.24) is 20.0 Å². The Morgan fingerprint density at radius 2 is 2.07 bits per heavy atom. The van der Waals surface area contributed by atoms with Crippen LogP contribution in [-0.2, 0) is 16.6 Å². The summed E-state index contributed by atoms with van der Waals surface area (Å²) in [4.78, 5) is 39.6. The van der Waals surface area contributed by atoms with Crippen molar-refractivity contribution in [2.75, 3.05) is 13.1 Å². The number of likely N-dealkylation sites (tertiary alicyclic amines) is 1. The van der Waals surface area contributed by atoms with Crippen LogP contribution in [0.3, 0.4) is 0 Å². The van der Waals surface area contributed by atoms with Gasteiger partial charge in [0.2, 0.25) is 5.91 Å². The predicted molar refractivity (Wildman–Crippen MR) is 102 cm³/mol. The van der Waals surface area contributed by atoms with Gasteiger partial charge >= 0.3 is 5.97 Å². The zero-order valence-electron chi connectivity index (χ0n) is 15.9. The topological polar surface area (TPSA) is 105 Å². The fraction of sp³-hybridized carbons (Fsp3) is 0.556. The minimum absolute atomic E-state index is 0.116. The molecule has 1 saturated heterocycles. The summed E-state index contributed by atoms with van der Waals surface area (Å²) in [5, 5.41) is 17.3. The van der Waals surface area contributed by atoms with Crippen LogP contribution in [0.5, 0.6) is 0 Å². The zero-order chi connectivity index (χ0) is 19.9. The van der Waals surface area contributed by atoms with Crippen molar-refractivity contribution in [3.63, 3.8) is 0 Å². The number of carboxylic acid groups (broad SMARTS) is 1. The van der Waals surface area contributed by atoms with Gasteiger partial charge in [0.25, 0.3) is 5.91 Å². The number of hydrogen-bond donors (Lipinski definition) is 2. The number of thiophene rings is 1. The second-order valence-corrected chi connectivity index (χ2v) is 8.38. The van der Waals surface area contributed by atoms with Crippen molar-refractivity contribution in [2.45, 2.75) is 33.2 Å². The molecule has 2 N–H and O–H groups in total. The van der Waals surface area contributed by atoms with Crippen molar-refractivity contribution in [3.05, 3.63) is 16.6 Å². The van der Waals surface area contributed by atoms with Gasteiger partial charge in [0.1, 0.15) is 10.9 Å². The van der Waals surface area contributed by atoms with Gasteiger partial charge in [-0.3, -0.25) is 19.1 Å². The summed E-state index contributed by atoms with van der Waals surface area (Å²) in [5.41, 5.74) is 0.856. The number of fused-ring (bicyclic) bond motifs is 1. The molecule has 1 aliphatic heterocycles. The Bertz CT molecular complexity index is 868. The third-order valence-corrected chi connectivity index (χ3v) is 6.16. The summed E-state index contributed by atoms with van der Waals surface area (Å²) in [6.45, 7) is 6.16. The van der Waals surface area contributed by atoms with E-state index in [4.69, 9.17) is 0 Å². The average Bonchev–Trinajstić information content (AvgIpc) is 3.15. The van der Waals surface area contributed by atoms with Crippen molar-refractivity contribution >= 4 is 39.3 Å². The van der Waals surface area contributed by atoms with E-state index in [2.05, 4.69) is 10.4 Å². The normalized spacial score (nSPS) is 21.3. The Hall–Kier alpha value is -2.42. The van der Waals surface area contributed by atoms with E-state index < -0.39 is 17.9 Å². The number of aliphatic carboxylic acids is 1. The molecule has 0 saturated carbocycles. The third-order valence-electron chi connectivity index (χ3n) is 4.96. The number of nitrogens with one attached hydrogen (secondary N) is 1. The van der Waals surface area contributed by atoms with E-state index >= 15 is 0 Å². The Morgan fingerprint density at radius 1 is 1.37 bits per heavy atom. The van der Waals surface area contributed by atoms with Crippen LogP contribution in [0.4, 0.5) is 0 Å².